The summed E-state index contributed by atoms with van der Waals surface area (Å²) in [6.07, 6.45) is 6.14. The minimum atomic E-state index is -0.252. The first-order valence-electron chi connectivity index (χ1n) is 8.08. The van der Waals surface area contributed by atoms with E-state index in [1.165, 1.54) is 7.11 Å². The number of nitrogen functional groups attached to an aromatic ring is 1. The lowest BCUT2D eigenvalue weighted by molar-refractivity contribution is -0.140. The Morgan fingerprint density at radius 2 is 1.88 bits per heavy atom. The number of carbonyl (C=O) groups is 1. The highest BCUT2D eigenvalue weighted by atomic mass is 16.5. The Morgan fingerprint density at radius 1 is 1.15 bits per heavy atom. The van der Waals surface area contributed by atoms with Crippen molar-refractivity contribution in [2.24, 2.45) is 5.73 Å². The van der Waals surface area contributed by atoms with Gasteiger partial charge in [-0.1, -0.05) is 24.3 Å². The van der Waals surface area contributed by atoms with Crippen LogP contribution in [0.15, 0.2) is 55.1 Å². The number of rotatable bonds is 6. The normalized spacial score (nSPS) is 10.5. The van der Waals surface area contributed by atoms with Gasteiger partial charge in [0.25, 0.3) is 0 Å². The summed E-state index contributed by atoms with van der Waals surface area (Å²) in [4.78, 5) is 20.0. The molecule has 2 aromatic heterocycles. The zero-order chi connectivity index (χ0) is 18.5. The van der Waals surface area contributed by atoms with E-state index in [0.717, 1.165) is 22.6 Å². The Hall–Kier alpha value is -3.48. The molecule has 3 rings (SSSR count). The zero-order valence-electron chi connectivity index (χ0n) is 14.3. The van der Waals surface area contributed by atoms with Gasteiger partial charge in [-0.25, -0.2) is 9.97 Å². The molecule has 0 saturated carbocycles. The molecule has 0 saturated heterocycles. The smallest absolute Gasteiger partial charge is 0.305 e. The molecule has 0 aliphatic rings. The number of benzene rings is 1. The number of ether oxygens (including phenoxy) is 1. The summed E-state index contributed by atoms with van der Waals surface area (Å²) >= 11 is 0. The highest BCUT2D eigenvalue weighted by Crippen LogP contribution is 2.20. The van der Waals surface area contributed by atoms with Crippen molar-refractivity contribution in [3.63, 3.8) is 0 Å². The maximum absolute atomic E-state index is 11.2. The minimum Gasteiger partial charge on any atom is -0.469 e. The lowest BCUT2D eigenvalue weighted by Crippen LogP contribution is -2.10. The number of carbonyl (C=O) groups excluding carboxylic acids is 1. The monoisotopic (exact) mass is 349 g/mol. The summed E-state index contributed by atoms with van der Waals surface area (Å²) in [5.41, 5.74) is 8.93. The second-order valence-corrected chi connectivity index (χ2v) is 5.74. The minimum absolute atomic E-state index is 0.0492. The fourth-order valence-electron chi connectivity index (χ4n) is 2.50. The number of nitrogens with two attached hydrogens (primary N) is 1. The van der Waals surface area contributed by atoms with Crippen molar-refractivity contribution in [1.29, 1.82) is 5.41 Å². The number of aryl methyl sites for hydroxylation is 1. The maximum Gasteiger partial charge on any atom is 0.305 e. The highest BCUT2D eigenvalue weighted by molar-refractivity contribution is 5.95. The van der Waals surface area contributed by atoms with Gasteiger partial charge in [-0.3, -0.25) is 14.8 Å². The zero-order valence-corrected chi connectivity index (χ0v) is 14.3. The van der Waals surface area contributed by atoms with E-state index in [0.29, 0.717) is 18.4 Å². The quantitative estimate of drug-likeness (QED) is 0.403. The summed E-state index contributed by atoms with van der Waals surface area (Å²) in [7, 11) is 1.38. The van der Waals surface area contributed by atoms with E-state index in [4.69, 9.17) is 11.1 Å². The van der Waals surface area contributed by atoms with E-state index in [2.05, 4.69) is 14.7 Å². The fraction of sp³-hybridized carbons (Fsp3) is 0.158. The number of pyridine rings is 1. The van der Waals surface area contributed by atoms with Crippen molar-refractivity contribution in [2.45, 2.75) is 12.8 Å². The average molecular weight is 349 g/mol. The van der Waals surface area contributed by atoms with Crippen molar-refractivity contribution in [1.82, 2.24) is 14.5 Å². The van der Waals surface area contributed by atoms with E-state index < -0.39 is 0 Å². The fourth-order valence-corrected chi connectivity index (χ4v) is 2.50. The number of hydrogen-bond donors (Lipinski definition) is 2. The van der Waals surface area contributed by atoms with Crippen molar-refractivity contribution < 1.29 is 9.53 Å². The Kier molecular flexibility index (Phi) is 5.07. The number of esters is 1. The first-order chi connectivity index (χ1) is 12.6. The maximum atomic E-state index is 11.2. The van der Waals surface area contributed by atoms with Crippen molar-refractivity contribution in [2.75, 3.05) is 7.11 Å². The van der Waals surface area contributed by atoms with Crippen LogP contribution in [0.1, 0.15) is 17.7 Å². The molecule has 0 unspecified atom stereocenters. The van der Waals surface area contributed by atoms with Gasteiger partial charge in [0, 0.05) is 29.9 Å². The van der Waals surface area contributed by atoms with Crippen molar-refractivity contribution in [3.8, 4) is 16.9 Å². The van der Waals surface area contributed by atoms with E-state index >= 15 is 0 Å². The second-order valence-electron chi connectivity index (χ2n) is 5.74. The number of nitrogens with zero attached hydrogens (tertiary/aromatic N) is 3. The van der Waals surface area contributed by atoms with E-state index in [1.807, 2.05) is 47.2 Å². The molecule has 132 valence electrons. The van der Waals surface area contributed by atoms with Crippen LogP contribution in [0.4, 0.5) is 0 Å². The molecule has 3 N–H and O–H groups in total. The molecule has 0 fully saturated rings. The molecule has 7 nitrogen and oxygen atoms in total. The van der Waals surface area contributed by atoms with Crippen LogP contribution in [0.2, 0.25) is 0 Å². The lowest BCUT2D eigenvalue weighted by atomic mass is 10.1. The molecule has 0 aliphatic carbocycles. The Labute approximate surface area is 151 Å². The third-order valence-corrected chi connectivity index (χ3v) is 3.99. The predicted molar refractivity (Wildman–Crippen MR) is 98.1 cm³/mol. The standard InChI is InChI=1S/C19H19N5O2/c1-26-18(25)9-7-16-11-24(12-23-16)17-8-6-15(10-22-17)13-2-4-14(5-3-13)19(20)21/h2-6,8,10-12H,7,9H2,1H3,(H3,20,21). The van der Waals surface area contributed by atoms with Gasteiger partial charge in [-0.05, 0) is 17.7 Å². The molecular weight excluding hydrogens is 330 g/mol. The number of aromatic nitrogens is 3. The number of nitrogens with one attached hydrogen (secondary N) is 1. The molecule has 7 heteroatoms. The first-order valence-corrected chi connectivity index (χ1v) is 8.08. The van der Waals surface area contributed by atoms with Gasteiger partial charge in [0.05, 0.1) is 19.2 Å². The lowest BCUT2D eigenvalue weighted by Gasteiger charge is -2.05. The summed E-state index contributed by atoms with van der Waals surface area (Å²) in [6, 6.07) is 11.3. The van der Waals surface area contributed by atoms with Gasteiger partial charge in [-0.2, -0.15) is 0 Å². The van der Waals surface area contributed by atoms with Crippen LogP contribution in [-0.2, 0) is 16.0 Å². The van der Waals surface area contributed by atoms with Crippen molar-refractivity contribution >= 4 is 11.8 Å². The van der Waals surface area contributed by atoms with Crippen LogP contribution >= 0.6 is 0 Å². The van der Waals surface area contributed by atoms with Gasteiger partial charge in [0.2, 0.25) is 0 Å². The molecule has 26 heavy (non-hydrogen) atoms. The number of amidine groups is 1. The third-order valence-electron chi connectivity index (χ3n) is 3.99. The summed E-state index contributed by atoms with van der Waals surface area (Å²) < 4.78 is 6.45. The van der Waals surface area contributed by atoms with Crippen LogP contribution < -0.4 is 5.73 Å². The number of hydrogen-bond acceptors (Lipinski definition) is 5. The predicted octanol–water partition coefficient (Wildman–Crippen LogP) is 2.32. The summed E-state index contributed by atoms with van der Waals surface area (Å²) in [5, 5.41) is 7.43. The largest absolute Gasteiger partial charge is 0.469 e. The number of methoxy groups -OCH3 is 1. The molecule has 0 bridgehead atoms. The van der Waals surface area contributed by atoms with E-state index in [1.54, 1.807) is 12.5 Å². The topological polar surface area (TPSA) is 107 Å². The average Bonchev–Trinajstić information content (AvgIpc) is 3.15. The molecular formula is C19H19N5O2. The highest BCUT2D eigenvalue weighted by Gasteiger charge is 2.06. The van der Waals surface area contributed by atoms with Crippen LogP contribution in [-0.4, -0.2) is 33.4 Å². The van der Waals surface area contributed by atoms with E-state index in [9.17, 15) is 4.79 Å². The molecule has 0 amide bonds. The Balaban J connectivity index is 1.72. The van der Waals surface area contributed by atoms with Crippen LogP contribution in [0.5, 0.6) is 0 Å². The second kappa shape index (κ2) is 7.60. The molecule has 0 aliphatic heterocycles. The molecule has 2 heterocycles. The van der Waals surface area contributed by atoms with E-state index in [-0.39, 0.29) is 11.8 Å². The molecule has 0 atom stereocenters. The van der Waals surface area contributed by atoms with Crippen LogP contribution in [0.25, 0.3) is 16.9 Å². The molecule has 0 radical (unpaired) electrons. The summed E-state index contributed by atoms with van der Waals surface area (Å²) in [5.74, 6) is 0.539. The van der Waals surface area contributed by atoms with Gasteiger partial charge in [0.1, 0.15) is 18.0 Å². The Bertz CT molecular complexity index is 914. The van der Waals surface area contributed by atoms with Gasteiger partial charge < -0.3 is 10.5 Å². The first kappa shape index (κ1) is 17.3. The van der Waals surface area contributed by atoms with Gasteiger partial charge >= 0.3 is 5.97 Å². The molecule has 1 aromatic carbocycles. The summed E-state index contributed by atoms with van der Waals surface area (Å²) in [6.45, 7) is 0. The molecule has 0 spiro atoms. The number of imidazole rings is 1. The van der Waals surface area contributed by atoms with Gasteiger partial charge in [-0.15, -0.1) is 0 Å². The Morgan fingerprint density at radius 3 is 2.50 bits per heavy atom. The SMILES string of the molecule is COC(=O)CCc1cn(-c2ccc(-c3ccc(C(=N)N)cc3)cn2)cn1. The van der Waals surface area contributed by atoms with Crippen molar-refractivity contribution in [3.05, 3.63) is 66.4 Å². The van der Waals surface area contributed by atoms with Crippen LogP contribution in [0.3, 0.4) is 0 Å². The third kappa shape index (κ3) is 3.94. The molecule has 3 aromatic rings. The van der Waals surface area contributed by atoms with Gasteiger partial charge in [0.15, 0.2) is 0 Å². The van der Waals surface area contributed by atoms with Crippen LogP contribution in [0, 0.1) is 5.41 Å².